The maximum absolute atomic E-state index is 12.8. The molecular formula is C8H10FIO. The van der Waals surface area contributed by atoms with Crippen LogP contribution in [0.1, 0.15) is 26.5 Å². The fourth-order valence-corrected chi connectivity index (χ4v) is 1.11. The van der Waals surface area contributed by atoms with Crippen LogP contribution < -0.4 is 0 Å². The van der Waals surface area contributed by atoms with Crippen LogP contribution in [0.5, 0.6) is 0 Å². The highest BCUT2D eigenvalue weighted by Crippen LogP contribution is 2.26. The van der Waals surface area contributed by atoms with E-state index in [1.807, 2.05) is 43.4 Å². The molecule has 11 heavy (non-hydrogen) atoms. The molecule has 0 saturated carbocycles. The summed E-state index contributed by atoms with van der Waals surface area (Å²) in [6.07, 6.45) is 0. The van der Waals surface area contributed by atoms with Gasteiger partial charge in [-0.15, -0.1) is 0 Å². The van der Waals surface area contributed by atoms with E-state index in [4.69, 9.17) is 4.42 Å². The third-order valence-corrected chi connectivity index (χ3v) is 2.12. The molecule has 0 aliphatic rings. The molecule has 0 spiro atoms. The van der Waals surface area contributed by atoms with Crippen LogP contribution in [0.4, 0.5) is 4.39 Å². The second kappa shape index (κ2) is 2.77. The van der Waals surface area contributed by atoms with Crippen molar-refractivity contribution < 1.29 is 8.81 Å². The van der Waals surface area contributed by atoms with E-state index >= 15 is 0 Å². The predicted molar refractivity (Wildman–Crippen MR) is 50.1 cm³/mol. The van der Waals surface area contributed by atoms with Crippen molar-refractivity contribution in [2.75, 3.05) is 0 Å². The van der Waals surface area contributed by atoms with Gasteiger partial charge in [-0.25, -0.2) is 4.39 Å². The molecule has 0 aromatic carbocycles. The Labute approximate surface area is 79.1 Å². The van der Waals surface area contributed by atoms with E-state index in [0.29, 0.717) is 9.53 Å². The summed E-state index contributed by atoms with van der Waals surface area (Å²) in [5.41, 5.74) is -0.107. The Morgan fingerprint density at radius 2 is 2.00 bits per heavy atom. The second-order valence-corrected chi connectivity index (χ2v) is 4.46. The van der Waals surface area contributed by atoms with Crippen LogP contribution in [0.25, 0.3) is 0 Å². The molecule has 0 atom stereocenters. The molecule has 0 unspecified atom stereocenters. The van der Waals surface area contributed by atoms with Crippen molar-refractivity contribution >= 4 is 22.6 Å². The fraction of sp³-hybridized carbons (Fsp3) is 0.500. The maximum atomic E-state index is 12.8. The molecule has 0 aliphatic carbocycles. The van der Waals surface area contributed by atoms with Gasteiger partial charge in [0.25, 0.3) is 0 Å². The van der Waals surface area contributed by atoms with Crippen molar-refractivity contribution in [3.05, 3.63) is 21.4 Å². The van der Waals surface area contributed by atoms with Gasteiger partial charge in [-0.05, 0) is 0 Å². The smallest absolute Gasteiger partial charge is 0.199 e. The average molecular weight is 268 g/mol. The molecule has 1 rings (SSSR count). The lowest BCUT2D eigenvalue weighted by atomic mass is 9.94. The third kappa shape index (κ3) is 1.95. The summed E-state index contributed by atoms with van der Waals surface area (Å²) in [4.78, 5) is 0. The number of hydrogen-bond acceptors (Lipinski definition) is 1. The molecule has 1 nitrogen and oxygen atoms in total. The molecule has 0 amide bonds. The fourth-order valence-electron chi connectivity index (χ4n) is 0.716. The van der Waals surface area contributed by atoms with Crippen molar-refractivity contribution in [1.82, 2.24) is 0 Å². The van der Waals surface area contributed by atoms with Gasteiger partial charge in [0.15, 0.2) is 9.58 Å². The Bertz CT molecular complexity index is 240. The summed E-state index contributed by atoms with van der Waals surface area (Å²) in [5, 5.41) is 0. The Morgan fingerprint density at radius 1 is 1.45 bits per heavy atom. The van der Waals surface area contributed by atoms with Crippen LogP contribution in [0.3, 0.4) is 0 Å². The van der Waals surface area contributed by atoms with Gasteiger partial charge in [0.1, 0.15) is 5.76 Å². The molecule has 0 bridgehead atoms. The van der Waals surface area contributed by atoms with Crippen molar-refractivity contribution in [1.29, 1.82) is 0 Å². The highest BCUT2D eigenvalue weighted by Gasteiger charge is 2.20. The van der Waals surface area contributed by atoms with Gasteiger partial charge in [-0.1, -0.05) is 20.8 Å². The Hall–Kier alpha value is -0.0600. The molecule has 1 aromatic heterocycles. The molecule has 3 heteroatoms. The standard InChI is InChI=1S/C8H10FIO/c1-8(2,3)6-4-5(9)7(10)11-6/h4H,1-3H3. The van der Waals surface area contributed by atoms with Gasteiger partial charge < -0.3 is 4.42 Å². The summed E-state index contributed by atoms with van der Waals surface area (Å²) in [6.45, 7) is 5.96. The molecule has 62 valence electrons. The lowest BCUT2D eigenvalue weighted by molar-refractivity contribution is 0.390. The predicted octanol–water partition coefficient (Wildman–Crippen LogP) is 3.32. The molecule has 0 saturated heterocycles. The number of furan rings is 1. The van der Waals surface area contributed by atoms with Gasteiger partial charge >= 0.3 is 0 Å². The van der Waals surface area contributed by atoms with Gasteiger partial charge in [0, 0.05) is 34.1 Å². The minimum atomic E-state index is -0.268. The maximum Gasteiger partial charge on any atom is 0.199 e. The van der Waals surface area contributed by atoms with Crippen LogP contribution in [0.2, 0.25) is 0 Å². The van der Waals surface area contributed by atoms with Gasteiger partial charge in [0.2, 0.25) is 0 Å². The van der Waals surface area contributed by atoms with E-state index in [-0.39, 0.29) is 11.2 Å². The normalized spacial score (nSPS) is 12.1. The highest BCUT2D eigenvalue weighted by atomic mass is 127. The zero-order chi connectivity index (χ0) is 8.65. The molecule has 1 heterocycles. The van der Waals surface area contributed by atoms with Crippen molar-refractivity contribution in [2.45, 2.75) is 26.2 Å². The minimum absolute atomic E-state index is 0.107. The summed E-state index contributed by atoms with van der Waals surface area (Å²) >= 11 is 1.84. The Balaban J connectivity index is 3.08. The van der Waals surface area contributed by atoms with Crippen LogP contribution in [0.15, 0.2) is 10.5 Å². The van der Waals surface area contributed by atoms with E-state index in [2.05, 4.69) is 0 Å². The topological polar surface area (TPSA) is 13.1 Å². The third-order valence-electron chi connectivity index (χ3n) is 1.38. The van der Waals surface area contributed by atoms with Crippen LogP contribution in [0, 0.1) is 9.58 Å². The molecule has 1 aromatic rings. The van der Waals surface area contributed by atoms with Gasteiger partial charge in [-0.2, -0.15) is 0 Å². The first kappa shape index (κ1) is 9.03. The SMILES string of the molecule is CC(C)(C)c1cc(F)c(I)o1. The van der Waals surface area contributed by atoms with Gasteiger partial charge in [0.05, 0.1) is 0 Å². The van der Waals surface area contributed by atoms with E-state index in [1.54, 1.807) is 0 Å². The van der Waals surface area contributed by atoms with Crippen molar-refractivity contribution in [3.63, 3.8) is 0 Å². The van der Waals surface area contributed by atoms with Gasteiger partial charge in [-0.3, -0.25) is 0 Å². The quantitative estimate of drug-likeness (QED) is 0.658. The Morgan fingerprint density at radius 3 is 2.18 bits per heavy atom. The van der Waals surface area contributed by atoms with Crippen molar-refractivity contribution in [2.24, 2.45) is 0 Å². The lowest BCUT2D eigenvalue weighted by Crippen LogP contribution is -2.09. The summed E-state index contributed by atoms with van der Waals surface area (Å²) < 4.78 is 18.3. The van der Waals surface area contributed by atoms with E-state index in [1.165, 1.54) is 6.07 Å². The van der Waals surface area contributed by atoms with Crippen LogP contribution in [-0.4, -0.2) is 0 Å². The summed E-state index contributed by atoms with van der Waals surface area (Å²) in [5.74, 6) is 0.426. The summed E-state index contributed by atoms with van der Waals surface area (Å²) in [7, 11) is 0. The average Bonchev–Trinajstić information content (AvgIpc) is 2.11. The first-order valence-corrected chi connectivity index (χ1v) is 4.44. The molecular weight excluding hydrogens is 258 g/mol. The second-order valence-electron chi connectivity index (χ2n) is 3.48. The zero-order valence-electron chi connectivity index (χ0n) is 6.74. The van der Waals surface area contributed by atoms with Crippen molar-refractivity contribution in [3.8, 4) is 0 Å². The van der Waals surface area contributed by atoms with Crippen LogP contribution >= 0.6 is 22.6 Å². The number of rotatable bonds is 0. The lowest BCUT2D eigenvalue weighted by Gasteiger charge is -2.13. The monoisotopic (exact) mass is 268 g/mol. The first-order valence-electron chi connectivity index (χ1n) is 3.36. The highest BCUT2D eigenvalue weighted by molar-refractivity contribution is 14.1. The zero-order valence-corrected chi connectivity index (χ0v) is 8.90. The largest absolute Gasteiger partial charge is 0.452 e. The molecule has 0 N–H and O–H groups in total. The van der Waals surface area contributed by atoms with Crippen LogP contribution in [-0.2, 0) is 5.41 Å². The number of halogens is 2. The molecule has 0 aliphatic heterocycles. The molecule has 0 radical (unpaired) electrons. The summed E-state index contributed by atoms with van der Waals surface area (Å²) in [6, 6.07) is 1.45. The first-order chi connectivity index (χ1) is 4.91. The van der Waals surface area contributed by atoms with E-state index in [0.717, 1.165) is 0 Å². The Kier molecular flexibility index (Phi) is 2.27. The van der Waals surface area contributed by atoms with E-state index < -0.39 is 0 Å². The number of hydrogen-bond donors (Lipinski definition) is 0. The minimum Gasteiger partial charge on any atom is -0.452 e. The molecule has 0 fully saturated rings. The van der Waals surface area contributed by atoms with E-state index in [9.17, 15) is 4.39 Å².